The van der Waals surface area contributed by atoms with E-state index in [1.165, 1.54) is 25.3 Å². The Morgan fingerprint density at radius 1 is 1.26 bits per heavy atom. The van der Waals surface area contributed by atoms with Crippen LogP contribution in [0.4, 0.5) is 5.69 Å². The third-order valence-electron chi connectivity index (χ3n) is 3.97. The molecule has 0 radical (unpaired) electrons. The summed E-state index contributed by atoms with van der Waals surface area (Å²) in [5, 5.41) is 14.8. The number of nitro benzene ring substituents is 1. The van der Waals surface area contributed by atoms with Gasteiger partial charge in [0, 0.05) is 5.39 Å². The topological polar surface area (TPSA) is 104 Å². The van der Waals surface area contributed by atoms with E-state index < -0.39 is 10.8 Å². The molecule has 1 N–H and O–H groups in total. The highest BCUT2D eigenvalue weighted by molar-refractivity contribution is 5.80. The number of para-hydroxylation sites is 1. The van der Waals surface area contributed by atoms with Gasteiger partial charge in [0.05, 0.1) is 24.1 Å². The highest BCUT2D eigenvalue weighted by Crippen LogP contribution is 2.31. The van der Waals surface area contributed by atoms with Crippen molar-refractivity contribution in [1.29, 1.82) is 0 Å². The molecule has 27 heavy (non-hydrogen) atoms. The van der Waals surface area contributed by atoms with Crippen molar-refractivity contribution in [2.45, 2.75) is 13.0 Å². The maximum atomic E-state index is 12.1. The minimum atomic E-state index is -0.590. The summed E-state index contributed by atoms with van der Waals surface area (Å²) in [6, 6.07) is 13.2. The molecule has 0 saturated heterocycles. The average molecular weight is 370 g/mol. The SMILES string of the molecule is COc1ccc(OCC(=O)NC(C)c2cc3ccccc3o2)c([N+](=O)[O-])c1. The molecule has 1 heterocycles. The summed E-state index contributed by atoms with van der Waals surface area (Å²) in [4.78, 5) is 22.7. The molecule has 140 valence electrons. The number of rotatable bonds is 7. The molecule has 0 aliphatic heterocycles. The van der Waals surface area contributed by atoms with E-state index in [1.54, 1.807) is 6.92 Å². The van der Waals surface area contributed by atoms with E-state index in [4.69, 9.17) is 13.9 Å². The molecule has 0 aliphatic rings. The van der Waals surface area contributed by atoms with Crippen molar-refractivity contribution in [3.05, 3.63) is 64.4 Å². The Bertz CT molecular complexity index is 948. The van der Waals surface area contributed by atoms with Crippen LogP contribution < -0.4 is 14.8 Å². The molecule has 2 aromatic carbocycles. The number of carbonyl (C=O) groups is 1. The number of furan rings is 1. The average Bonchev–Trinajstić information content (AvgIpc) is 3.10. The van der Waals surface area contributed by atoms with Crippen LogP contribution in [0.25, 0.3) is 11.0 Å². The van der Waals surface area contributed by atoms with E-state index in [0.717, 1.165) is 11.0 Å². The first-order valence-corrected chi connectivity index (χ1v) is 8.21. The molecule has 8 heteroatoms. The number of benzene rings is 2. The van der Waals surface area contributed by atoms with Crippen LogP contribution >= 0.6 is 0 Å². The van der Waals surface area contributed by atoms with Crippen LogP contribution in [-0.2, 0) is 4.79 Å². The monoisotopic (exact) mass is 370 g/mol. The van der Waals surface area contributed by atoms with Gasteiger partial charge in [-0.05, 0) is 31.2 Å². The highest BCUT2D eigenvalue weighted by Gasteiger charge is 2.19. The molecule has 1 unspecified atom stereocenters. The fraction of sp³-hybridized carbons (Fsp3) is 0.211. The number of ether oxygens (including phenoxy) is 2. The lowest BCUT2D eigenvalue weighted by atomic mass is 10.2. The summed E-state index contributed by atoms with van der Waals surface area (Å²) in [6.07, 6.45) is 0. The molecule has 1 atom stereocenters. The number of methoxy groups -OCH3 is 1. The summed E-state index contributed by atoms with van der Waals surface area (Å²) in [6.45, 7) is 1.42. The summed E-state index contributed by atoms with van der Waals surface area (Å²) < 4.78 is 16.0. The second kappa shape index (κ2) is 7.77. The van der Waals surface area contributed by atoms with Gasteiger partial charge in [-0.2, -0.15) is 0 Å². The summed E-state index contributed by atoms with van der Waals surface area (Å²) in [5.74, 6) is 0.511. The van der Waals surface area contributed by atoms with Gasteiger partial charge in [0.2, 0.25) is 0 Å². The number of hydrogen-bond acceptors (Lipinski definition) is 6. The number of fused-ring (bicyclic) bond motifs is 1. The van der Waals surface area contributed by atoms with Gasteiger partial charge in [0.15, 0.2) is 12.4 Å². The van der Waals surface area contributed by atoms with Crippen LogP contribution in [0.2, 0.25) is 0 Å². The maximum absolute atomic E-state index is 12.1. The Kier molecular flexibility index (Phi) is 5.25. The first kappa shape index (κ1) is 18.2. The van der Waals surface area contributed by atoms with Crippen LogP contribution in [0.1, 0.15) is 18.7 Å². The third kappa shape index (κ3) is 4.17. The van der Waals surface area contributed by atoms with E-state index >= 15 is 0 Å². The minimum Gasteiger partial charge on any atom is -0.496 e. The van der Waals surface area contributed by atoms with Crippen LogP contribution in [0.5, 0.6) is 11.5 Å². The lowest BCUT2D eigenvalue weighted by Crippen LogP contribution is -2.31. The van der Waals surface area contributed by atoms with Gasteiger partial charge < -0.3 is 19.2 Å². The standard InChI is InChI=1S/C19H18N2O6/c1-12(18-9-13-5-3-4-6-16(13)27-18)20-19(22)11-26-17-8-7-14(25-2)10-15(17)21(23)24/h3-10,12H,11H2,1-2H3,(H,20,22). The molecule has 3 rings (SSSR count). The van der Waals surface area contributed by atoms with Crippen molar-refractivity contribution in [2.75, 3.05) is 13.7 Å². The first-order valence-electron chi connectivity index (χ1n) is 8.21. The summed E-state index contributed by atoms with van der Waals surface area (Å²) in [7, 11) is 1.41. The molecule has 8 nitrogen and oxygen atoms in total. The first-order chi connectivity index (χ1) is 13.0. The van der Waals surface area contributed by atoms with Gasteiger partial charge in [0.1, 0.15) is 17.1 Å². The van der Waals surface area contributed by atoms with Crippen LogP contribution in [0.3, 0.4) is 0 Å². The zero-order valence-corrected chi connectivity index (χ0v) is 14.8. The molecular weight excluding hydrogens is 352 g/mol. The highest BCUT2D eigenvalue weighted by atomic mass is 16.6. The predicted molar refractivity (Wildman–Crippen MR) is 97.9 cm³/mol. The Labute approximate surface area is 154 Å². The molecule has 0 saturated carbocycles. The van der Waals surface area contributed by atoms with Gasteiger partial charge in [-0.25, -0.2) is 0 Å². The van der Waals surface area contributed by atoms with Crippen molar-refractivity contribution in [3.63, 3.8) is 0 Å². The normalized spacial score (nSPS) is 11.8. The second-order valence-electron chi connectivity index (χ2n) is 5.86. The Hall–Kier alpha value is -3.55. The van der Waals surface area contributed by atoms with E-state index in [0.29, 0.717) is 11.5 Å². The Morgan fingerprint density at radius 3 is 2.74 bits per heavy atom. The quantitative estimate of drug-likeness (QED) is 0.503. The fourth-order valence-electron chi connectivity index (χ4n) is 2.60. The third-order valence-corrected chi connectivity index (χ3v) is 3.97. The van der Waals surface area contributed by atoms with Gasteiger partial charge in [0.25, 0.3) is 5.91 Å². The van der Waals surface area contributed by atoms with E-state index in [1.807, 2.05) is 30.3 Å². The van der Waals surface area contributed by atoms with Gasteiger partial charge in [-0.15, -0.1) is 0 Å². The summed E-state index contributed by atoms with van der Waals surface area (Å²) in [5.41, 5.74) is 0.464. The number of nitro groups is 1. The van der Waals surface area contributed by atoms with Crippen molar-refractivity contribution < 1.29 is 23.6 Å². The zero-order chi connectivity index (χ0) is 19.4. The number of nitrogens with one attached hydrogen (secondary N) is 1. The number of hydrogen-bond donors (Lipinski definition) is 1. The van der Waals surface area contributed by atoms with E-state index in [2.05, 4.69) is 5.32 Å². The maximum Gasteiger partial charge on any atom is 0.314 e. The van der Waals surface area contributed by atoms with Crippen molar-refractivity contribution in [3.8, 4) is 11.5 Å². The van der Waals surface area contributed by atoms with Crippen LogP contribution in [0, 0.1) is 10.1 Å². The van der Waals surface area contributed by atoms with Crippen molar-refractivity contribution in [2.24, 2.45) is 0 Å². The number of carbonyl (C=O) groups excluding carboxylic acids is 1. The predicted octanol–water partition coefficient (Wildman–Crippen LogP) is 3.61. The van der Waals surface area contributed by atoms with Crippen LogP contribution in [0.15, 0.2) is 52.9 Å². The second-order valence-corrected chi connectivity index (χ2v) is 5.86. The summed E-state index contributed by atoms with van der Waals surface area (Å²) >= 11 is 0. The fourth-order valence-corrected chi connectivity index (χ4v) is 2.60. The zero-order valence-electron chi connectivity index (χ0n) is 14.8. The molecule has 3 aromatic rings. The van der Waals surface area contributed by atoms with Gasteiger partial charge >= 0.3 is 5.69 Å². The Balaban J connectivity index is 1.63. The van der Waals surface area contributed by atoms with Gasteiger partial charge in [-0.3, -0.25) is 14.9 Å². The molecule has 1 aromatic heterocycles. The number of nitrogens with zero attached hydrogens (tertiary/aromatic N) is 1. The molecule has 1 amide bonds. The van der Waals surface area contributed by atoms with Crippen LogP contribution in [-0.4, -0.2) is 24.5 Å². The van der Waals surface area contributed by atoms with Crippen molar-refractivity contribution >= 4 is 22.6 Å². The number of amides is 1. The minimum absolute atomic E-state index is 0.00709. The van der Waals surface area contributed by atoms with Gasteiger partial charge in [-0.1, -0.05) is 18.2 Å². The molecule has 0 fully saturated rings. The van der Waals surface area contributed by atoms with E-state index in [-0.39, 0.29) is 24.1 Å². The molecule has 0 aliphatic carbocycles. The molecule has 0 bridgehead atoms. The van der Waals surface area contributed by atoms with E-state index in [9.17, 15) is 14.9 Å². The van der Waals surface area contributed by atoms with Crippen molar-refractivity contribution in [1.82, 2.24) is 5.32 Å². The lowest BCUT2D eigenvalue weighted by Gasteiger charge is -2.12. The smallest absolute Gasteiger partial charge is 0.314 e. The largest absolute Gasteiger partial charge is 0.496 e. The molecule has 0 spiro atoms. The molecular formula is C19H18N2O6. The Morgan fingerprint density at radius 2 is 2.04 bits per heavy atom. The lowest BCUT2D eigenvalue weighted by molar-refractivity contribution is -0.385.